The third kappa shape index (κ3) is 5.44. The Labute approximate surface area is 179 Å². The molecule has 0 saturated carbocycles. The number of aryl methyl sites for hydroxylation is 1. The topological polar surface area (TPSA) is 112 Å². The lowest BCUT2D eigenvalue weighted by Gasteiger charge is -2.27. The number of rotatable bonds is 9. The number of carbonyl (C=O) groups excluding carboxylic acids is 1. The number of aromatic nitrogens is 2. The van der Waals surface area contributed by atoms with Crippen LogP contribution in [0.5, 0.6) is 5.75 Å². The van der Waals surface area contributed by atoms with Crippen molar-refractivity contribution in [2.45, 2.75) is 39.8 Å². The van der Waals surface area contributed by atoms with E-state index in [0.29, 0.717) is 23.0 Å². The first-order valence-electron chi connectivity index (χ1n) is 9.94. The largest absolute Gasteiger partial charge is 0.484 e. The van der Waals surface area contributed by atoms with Gasteiger partial charge in [-0.2, -0.15) is 4.98 Å². The fourth-order valence-corrected chi connectivity index (χ4v) is 3.03. The molecule has 0 saturated heterocycles. The van der Waals surface area contributed by atoms with Gasteiger partial charge in [-0.25, -0.2) is 0 Å². The van der Waals surface area contributed by atoms with Crippen LogP contribution in [0, 0.1) is 17.0 Å². The van der Waals surface area contributed by atoms with Crippen molar-refractivity contribution in [3.05, 3.63) is 70.1 Å². The van der Waals surface area contributed by atoms with Crippen LogP contribution in [-0.2, 0) is 11.3 Å². The molecule has 9 heteroatoms. The average molecular weight is 424 g/mol. The van der Waals surface area contributed by atoms with Gasteiger partial charge in [0.05, 0.1) is 4.92 Å². The molecule has 162 valence electrons. The maximum Gasteiger partial charge on any atom is 0.272 e. The van der Waals surface area contributed by atoms with E-state index in [1.807, 2.05) is 44.2 Å². The summed E-state index contributed by atoms with van der Waals surface area (Å²) in [6, 6.07) is 13.8. The molecule has 0 fully saturated rings. The first-order chi connectivity index (χ1) is 14.9. The fourth-order valence-electron chi connectivity index (χ4n) is 3.03. The summed E-state index contributed by atoms with van der Waals surface area (Å²) >= 11 is 0. The van der Waals surface area contributed by atoms with Gasteiger partial charge in [0.2, 0.25) is 11.7 Å². The Morgan fingerprint density at radius 3 is 2.65 bits per heavy atom. The number of hydrogen-bond donors (Lipinski definition) is 0. The van der Waals surface area contributed by atoms with Crippen LogP contribution in [-0.4, -0.2) is 38.5 Å². The van der Waals surface area contributed by atoms with Gasteiger partial charge in [-0.1, -0.05) is 42.4 Å². The smallest absolute Gasteiger partial charge is 0.272 e. The summed E-state index contributed by atoms with van der Waals surface area (Å²) in [5.41, 5.74) is 1.30. The van der Waals surface area contributed by atoms with E-state index in [9.17, 15) is 14.9 Å². The van der Waals surface area contributed by atoms with E-state index in [1.54, 1.807) is 17.9 Å². The quantitative estimate of drug-likeness (QED) is 0.374. The number of nitro benzene ring substituents is 1. The Kier molecular flexibility index (Phi) is 6.96. The molecule has 9 nitrogen and oxygen atoms in total. The summed E-state index contributed by atoms with van der Waals surface area (Å²) < 4.78 is 10.9. The molecule has 0 N–H and O–H groups in total. The molecule has 0 aliphatic carbocycles. The summed E-state index contributed by atoms with van der Waals surface area (Å²) in [5.74, 6) is 0.943. The van der Waals surface area contributed by atoms with Crippen LogP contribution in [0.2, 0.25) is 0 Å². The summed E-state index contributed by atoms with van der Waals surface area (Å²) in [5, 5.41) is 14.9. The highest BCUT2D eigenvalue weighted by molar-refractivity contribution is 5.78. The Bertz CT molecular complexity index is 1050. The predicted octanol–water partition coefficient (Wildman–Crippen LogP) is 4.16. The van der Waals surface area contributed by atoms with Crippen molar-refractivity contribution in [2.75, 3.05) is 6.61 Å². The Morgan fingerprint density at radius 2 is 2.00 bits per heavy atom. The van der Waals surface area contributed by atoms with Gasteiger partial charge in [-0.3, -0.25) is 14.9 Å². The molecule has 3 rings (SSSR count). The summed E-state index contributed by atoms with van der Waals surface area (Å²) in [6.07, 6.45) is 0.738. The lowest BCUT2D eigenvalue weighted by molar-refractivity contribution is -0.385. The first-order valence-corrected chi connectivity index (χ1v) is 9.94. The van der Waals surface area contributed by atoms with Crippen molar-refractivity contribution in [1.82, 2.24) is 15.0 Å². The Balaban J connectivity index is 1.68. The molecule has 0 bridgehead atoms. The number of amides is 1. The second-order valence-electron chi connectivity index (χ2n) is 7.15. The third-order valence-electron chi connectivity index (χ3n) is 4.98. The van der Waals surface area contributed by atoms with Crippen molar-refractivity contribution in [2.24, 2.45) is 0 Å². The van der Waals surface area contributed by atoms with Gasteiger partial charge in [-0.15, -0.1) is 0 Å². The van der Waals surface area contributed by atoms with Gasteiger partial charge in [0.25, 0.3) is 11.6 Å². The van der Waals surface area contributed by atoms with Gasteiger partial charge in [0.15, 0.2) is 6.61 Å². The van der Waals surface area contributed by atoms with Gasteiger partial charge < -0.3 is 14.2 Å². The molecule has 2 aromatic carbocycles. The van der Waals surface area contributed by atoms with E-state index in [4.69, 9.17) is 9.26 Å². The number of nitro groups is 1. The molecule has 1 atom stereocenters. The molecule has 1 amide bonds. The van der Waals surface area contributed by atoms with Gasteiger partial charge in [0, 0.05) is 23.2 Å². The van der Waals surface area contributed by atoms with Crippen molar-refractivity contribution in [3.63, 3.8) is 0 Å². The lowest BCUT2D eigenvalue weighted by atomic mass is 10.2. The molecule has 0 radical (unpaired) electrons. The molecular formula is C22H24N4O5. The SMILES string of the molecule is CC[C@H](C)N(Cc1nc(-c2ccccc2)no1)C(=O)COc1ccc([N+](=O)[O-])c(C)c1. The minimum absolute atomic E-state index is 0.00511. The zero-order valence-corrected chi connectivity index (χ0v) is 17.6. The lowest BCUT2D eigenvalue weighted by Crippen LogP contribution is -2.40. The predicted molar refractivity (Wildman–Crippen MR) is 113 cm³/mol. The van der Waals surface area contributed by atoms with Crippen LogP contribution in [0.4, 0.5) is 5.69 Å². The van der Waals surface area contributed by atoms with Crippen LogP contribution >= 0.6 is 0 Å². The van der Waals surface area contributed by atoms with Crippen LogP contribution in [0.3, 0.4) is 0 Å². The zero-order valence-electron chi connectivity index (χ0n) is 17.6. The highest BCUT2D eigenvalue weighted by Gasteiger charge is 2.23. The second kappa shape index (κ2) is 9.84. The molecule has 1 heterocycles. The number of benzene rings is 2. The summed E-state index contributed by atoms with van der Waals surface area (Å²) in [4.78, 5) is 29.4. The number of ether oxygens (including phenoxy) is 1. The highest BCUT2D eigenvalue weighted by Crippen LogP contribution is 2.23. The van der Waals surface area contributed by atoms with Crippen molar-refractivity contribution < 1.29 is 19.0 Å². The molecule has 31 heavy (non-hydrogen) atoms. The molecule has 0 aliphatic rings. The summed E-state index contributed by atoms with van der Waals surface area (Å²) in [7, 11) is 0. The molecular weight excluding hydrogens is 400 g/mol. The highest BCUT2D eigenvalue weighted by atomic mass is 16.6. The molecule has 0 unspecified atom stereocenters. The van der Waals surface area contributed by atoms with E-state index in [-0.39, 0.29) is 30.8 Å². The van der Waals surface area contributed by atoms with Crippen molar-refractivity contribution in [3.8, 4) is 17.1 Å². The molecule has 0 aliphatic heterocycles. The van der Waals surface area contributed by atoms with E-state index in [2.05, 4.69) is 10.1 Å². The van der Waals surface area contributed by atoms with Crippen LogP contribution < -0.4 is 4.74 Å². The van der Waals surface area contributed by atoms with Gasteiger partial charge >= 0.3 is 0 Å². The minimum atomic E-state index is -0.455. The normalized spacial score (nSPS) is 11.7. The van der Waals surface area contributed by atoms with Crippen LogP contribution in [0.1, 0.15) is 31.7 Å². The molecule has 0 spiro atoms. The number of carbonyl (C=O) groups is 1. The molecule has 1 aromatic heterocycles. The monoisotopic (exact) mass is 424 g/mol. The van der Waals surface area contributed by atoms with E-state index < -0.39 is 4.92 Å². The van der Waals surface area contributed by atoms with Crippen LogP contribution in [0.15, 0.2) is 53.1 Å². The third-order valence-corrected chi connectivity index (χ3v) is 4.98. The van der Waals surface area contributed by atoms with E-state index in [1.165, 1.54) is 12.1 Å². The van der Waals surface area contributed by atoms with Gasteiger partial charge in [0.1, 0.15) is 12.3 Å². The average Bonchev–Trinajstić information content (AvgIpc) is 3.24. The van der Waals surface area contributed by atoms with E-state index in [0.717, 1.165) is 12.0 Å². The standard InChI is InChI=1S/C22H24N4O5/c1-4-16(3)25(13-20-23-22(24-31-20)17-8-6-5-7-9-17)21(27)14-30-18-10-11-19(26(28)29)15(2)12-18/h5-12,16H,4,13-14H2,1-3H3/t16-/m0/s1. The first kappa shape index (κ1) is 21.9. The van der Waals surface area contributed by atoms with Gasteiger partial charge in [-0.05, 0) is 32.4 Å². The fraction of sp³-hybridized carbons (Fsp3) is 0.318. The Morgan fingerprint density at radius 1 is 1.26 bits per heavy atom. The summed E-state index contributed by atoms with van der Waals surface area (Å²) in [6.45, 7) is 5.49. The Hall–Kier alpha value is -3.75. The second-order valence-corrected chi connectivity index (χ2v) is 7.15. The number of nitrogens with zero attached hydrogens (tertiary/aromatic N) is 4. The van der Waals surface area contributed by atoms with Crippen molar-refractivity contribution in [1.29, 1.82) is 0 Å². The minimum Gasteiger partial charge on any atom is -0.484 e. The molecule has 3 aromatic rings. The number of hydrogen-bond acceptors (Lipinski definition) is 7. The van der Waals surface area contributed by atoms with E-state index >= 15 is 0 Å². The maximum absolute atomic E-state index is 12.9. The van der Waals surface area contributed by atoms with Crippen LogP contribution in [0.25, 0.3) is 11.4 Å². The maximum atomic E-state index is 12.9. The van der Waals surface area contributed by atoms with Crippen molar-refractivity contribution >= 4 is 11.6 Å². The zero-order chi connectivity index (χ0) is 22.4.